The Hall–Kier alpha value is -1.59. The number of ether oxygens (including phenoxy) is 1. The SMILES string of the molecule is COCCNCc1ccn(Cc2cncn2C)c1. The molecule has 0 aliphatic carbocycles. The largest absolute Gasteiger partial charge is 0.383 e. The summed E-state index contributed by atoms with van der Waals surface area (Å²) in [6.45, 7) is 3.36. The predicted octanol–water partition coefficient (Wildman–Crippen LogP) is 1.01. The molecule has 0 aromatic carbocycles. The summed E-state index contributed by atoms with van der Waals surface area (Å²) in [6, 6.07) is 2.14. The van der Waals surface area contributed by atoms with E-state index < -0.39 is 0 Å². The lowest BCUT2D eigenvalue weighted by molar-refractivity contribution is 0.199. The van der Waals surface area contributed by atoms with E-state index in [1.165, 1.54) is 11.3 Å². The van der Waals surface area contributed by atoms with Gasteiger partial charge in [-0.3, -0.25) is 0 Å². The fourth-order valence-corrected chi connectivity index (χ4v) is 1.82. The minimum atomic E-state index is 0.746. The van der Waals surface area contributed by atoms with Gasteiger partial charge in [-0.25, -0.2) is 4.98 Å². The molecule has 0 fully saturated rings. The Labute approximate surface area is 107 Å². The van der Waals surface area contributed by atoms with Gasteiger partial charge in [-0.05, 0) is 11.6 Å². The lowest BCUT2D eigenvalue weighted by atomic mass is 10.3. The van der Waals surface area contributed by atoms with E-state index in [0.29, 0.717) is 0 Å². The number of nitrogens with zero attached hydrogens (tertiary/aromatic N) is 3. The van der Waals surface area contributed by atoms with Gasteiger partial charge >= 0.3 is 0 Å². The molecule has 0 unspecified atom stereocenters. The fourth-order valence-electron chi connectivity index (χ4n) is 1.82. The smallest absolute Gasteiger partial charge is 0.0946 e. The summed E-state index contributed by atoms with van der Waals surface area (Å²) in [5, 5.41) is 3.33. The van der Waals surface area contributed by atoms with Crippen LogP contribution in [-0.2, 0) is 24.9 Å². The molecule has 0 amide bonds. The van der Waals surface area contributed by atoms with Gasteiger partial charge in [0.05, 0.1) is 25.2 Å². The first-order valence-electron chi connectivity index (χ1n) is 6.09. The second-order valence-electron chi connectivity index (χ2n) is 4.36. The predicted molar refractivity (Wildman–Crippen MR) is 70.3 cm³/mol. The molecule has 18 heavy (non-hydrogen) atoms. The van der Waals surface area contributed by atoms with Crippen molar-refractivity contribution in [3.8, 4) is 0 Å². The van der Waals surface area contributed by atoms with Crippen molar-refractivity contribution in [1.82, 2.24) is 19.4 Å². The van der Waals surface area contributed by atoms with Gasteiger partial charge in [-0.15, -0.1) is 0 Å². The van der Waals surface area contributed by atoms with Gasteiger partial charge in [-0.1, -0.05) is 0 Å². The molecule has 5 nitrogen and oxygen atoms in total. The molecule has 0 aliphatic rings. The Morgan fingerprint density at radius 2 is 2.33 bits per heavy atom. The molecule has 0 radical (unpaired) electrons. The highest BCUT2D eigenvalue weighted by atomic mass is 16.5. The standard InChI is InChI=1S/C13H20N4O/c1-16-11-15-8-13(16)10-17-5-3-12(9-17)7-14-4-6-18-2/h3,5,8-9,11,14H,4,6-7,10H2,1-2H3. The van der Waals surface area contributed by atoms with Crippen LogP contribution in [0.25, 0.3) is 0 Å². The van der Waals surface area contributed by atoms with Crippen LogP contribution < -0.4 is 5.32 Å². The average Bonchev–Trinajstić information content (AvgIpc) is 2.96. The van der Waals surface area contributed by atoms with Crippen LogP contribution in [0.4, 0.5) is 0 Å². The van der Waals surface area contributed by atoms with Crippen LogP contribution in [-0.4, -0.2) is 34.4 Å². The summed E-state index contributed by atoms with van der Waals surface area (Å²) in [5.74, 6) is 0. The second kappa shape index (κ2) is 6.37. The van der Waals surface area contributed by atoms with Gasteiger partial charge in [0.2, 0.25) is 0 Å². The summed E-state index contributed by atoms with van der Waals surface area (Å²) < 4.78 is 9.20. The highest BCUT2D eigenvalue weighted by molar-refractivity contribution is 5.12. The van der Waals surface area contributed by atoms with E-state index >= 15 is 0 Å². The molecule has 2 aromatic heterocycles. The molecule has 5 heteroatoms. The first kappa shape index (κ1) is 12.9. The summed E-state index contributed by atoms with van der Waals surface area (Å²) in [5.41, 5.74) is 2.48. The first-order chi connectivity index (χ1) is 8.79. The Balaban J connectivity index is 1.84. The second-order valence-corrected chi connectivity index (χ2v) is 4.36. The molecular weight excluding hydrogens is 228 g/mol. The van der Waals surface area contributed by atoms with Crippen molar-refractivity contribution in [3.05, 3.63) is 42.2 Å². The number of aryl methyl sites for hydroxylation is 1. The van der Waals surface area contributed by atoms with Crippen molar-refractivity contribution in [2.75, 3.05) is 20.3 Å². The number of rotatable bonds is 7. The quantitative estimate of drug-likeness (QED) is 0.744. The maximum atomic E-state index is 4.99. The Kier molecular flexibility index (Phi) is 4.55. The number of nitrogens with one attached hydrogen (secondary N) is 1. The summed E-state index contributed by atoms with van der Waals surface area (Å²) in [6.07, 6.45) is 7.98. The maximum absolute atomic E-state index is 4.99. The highest BCUT2D eigenvalue weighted by Gasteiger charge is 2.01. The molecule has 0 aliphatic heterocycles. The van der Waals surface area contributed by atoms with Gasteiger partial charge in [0.1, 0.15) is 0 Å². The average molecular weight is 248 g/mol. The van der Waals surface area contributed by atoms with Crippen molar-refractivity contribution in [3.63, 3.8) is 0 Å². The Morgan fingerprint density at radius 3 is 3.06 bits per heavy atom. The normalized spacial score (nSPS) is 11.0. The van der Waals surface area contributed by atoms with Crippen LogP contribution >= 0.6 is 0 Å². The zero-order valence-electron chi connectivity index (χ0n) is 11.0. The number of methoxy groups -OCH3 is 1. The fraction of sp³-hybridized carbons (Fsp3) is 0.462. The highest BCUT2D eigenvalue weighted by Crippen LogP contribution is 2.05. The van der Waals surface area contributed by atoms with Crippen molar-refractivity contribution in [2.45, 2.75) is 13.1 Å². The van der Waals surface area contributed by atoms with Crippen molar-refractivity contribution in [2.24, 2.45) is 7.05 Å². The molecule has 1 N–H and O–H groups in total. The van der Waals surface area contributed by atoms with Crippen molar-refractivity contribution >= 4 is 0 Å². The number of hydrogen-bond donors (Lipinski definition) is 1. The molecule has 0 spiro atoms. The molecule has 98 valence electrons. The molecular formula is C13H20N4O. The lowest BCUT2D eigenvalue weighted by Crippen LogP contribution is -2.18. The van der Waals surface area contributed by atoms with Crippen LogP contribution in [0.5, 0.6) is 0 Å². The van der Waals surface area contributed by atoms with Gasteiger partial charge in [0.15, 0.2) is 0 Å². The third-order valence-corrected chi connectivity index (χ3v) is 2.88. The van der Waals surface area contributed by atoms with Crippen LogP contribution in [0, 0.1) is 0 Å². The third kappa shape index (κ3) is 3.45. The molecule has 2 rings (SSSR count). The van der Waals surface area contributed by atoms with E-state index in [1.54, 1.807) is 7.11 Å². The number of imidazole rings is 1. The molecule has 2 aromatic rings. The van der Waals surface area contributed by atoms with E-state index in [0.717, 1.165) is 26.2 Å². The minimum Gasteiger partial charge on any atom is -0.383 e. The minimum absolute atomic E-state index is 0.746. The molecule has 0 saturated heterocycles. The van der Waals surface area contributed by atoms with Gasteiger partial charge in [0, 0.05) is 45.8 Å². The summed E-state index contributed by atoms with van der Waals surface area (Å²) in [7, 11) is 3.73. The zero-order chi connectivity index (χ0) is 12.8. The first-order valence-corrected chi connectivity index (χ1v) is 6.09. The zero-order valence-corrected chi connectivity index (χ0v) is 11.0. The maximum Gasteiger partial charge on any atom is 0.0946 e. The van der Waals surface area contributed by atoms with Gasteiger partial charge < -0.3 is 19.2 Å². The van der Waals surface area contributed by atoms with E-state index in [4.69, 9.17) is 4.74 Å². The lowest BCUT2D eigenvalue weighted by Gasteiger charge is -2.04. The number of aromatic nitrogens is 3. The van der Waals surface area contributed by atoms with Crippen LogP contribution in [0.3, 0.4) is 0 Å². The number of hydrogen-bond acceptors (Lipinski definition) is 3. The van der Waals surface area contributed by atoms with Crippen molar-refractivity contribution < 1.29 is 4.74 Å². The molecule has 0 bridgehead atoms. The molecule has 0 saturated carbocycles. The van der Waals surface area contributed by atoms with Crippen LogP contribution in [0.1, 0.15) is 11.3 Å². The monoisotopic (exact) mass is 248 g/mol. The third-order valence-electron chi connectivity index (χ3n) is 2.88. The van der Waals surface area contributed by atoms with E-state index in [9.17, 15) is 0 Å². The topological polar surface area (TPSA) is 44.0 Å². The van der Waals surface area contributed by atoms with Crippen LogP contribution in [0.2, 0.25) is 0 Å². The summed E-state index contributed by atoms with van der Waals surface area (Å²) >= 11 is 0. The van der Waals surface area contributed by atoms with E-state index in [-0.39, 0.29) is 0 Å². The Morgan fingerprint density at radius 1 is 1.44 bits per heavy atom. The molecule has 2 heterocycles. The van der Waals surface area contributed by atoms with Crippen molar-refractivity contribution in [1.29, 1.82) is 0 Å². The molecule has 0 atom stereocenters. The summed E-state index contributed by atoms with van der Waals surface area (Å²) in [4.78, 5) is 4.12. The van der Waals surface area contributed by atoms with E-state index in [2.05, 4.69) is 33.3 Å². The van der Waals surface area contributed by atoms with Gasteiger partial charge in [0.25, 0.3) is 0 Å². The van der Waals surface area contributed by atoms with E-state index in [1.807, 2.05) is 24.1 Å². The Bertz CT molecular complexity index is 475. The van der Waals surface area contributed by atoms with Gasteiger partial charge in [-0.2, -0.15) is 0 Å². The van der Waals surface area contributed by atoms with Crippen LogP contribution in [0.15, 0.2) is 31.0 Å².